The number of carbonyl (C=O) groups is 1. The van der Waals surface area contributed by atoms with Crippen LogP contribution in [0.3, 0.4) is 0 Å². The van der Waals surface area contributed by atoms with Gasteiger partial charge in [0, 0.05) is 42.3 Å². The van der Waals surface area contributed by atoms with E-state index in [-0.39, 0.29) is 42.7 Å². The summed E-state index contributed by atoms with van der Waals surface area (Å²) in [6, 6.07) is 13.3. The highest BCUT2D eigenvalue weighted by Gasteiger charge is 2.21. The molecule has 1 aromatic carbocycles. The van der Waals surface area contributed by atoms with E-state index in [1.54, 1.807) is 23.7 Å². The molecule has 0 spiro atoms. The highest BCUT2D eigenvalue weighted by atomic mass is 35.5. The summed E-state index contributed by atoms with van der Waals surface area (Å²) in [6.45, 7) is 2.49. The largest absolute Gasteiger partial charge is 0.356 e. The van der Waals surface area contributed by atoms with Crippen LogP contribution in [0.4, 0.5) is 0 Å². The maximum atomic E-state index is 12.3. The Morgan fingerprint density at radius 1 is 1.14 bits per heavy atom. The van der Waals surface area contributed by atoms with Gasteiger partial charge in [-0.1, -0.05) is 37.3 Å². The Hall–Kier alpha value is -1.99. The van der Waals surface area contributed by atoms with Crippen LogP contribution in [-0.4, -0.2) is 22.4 Å². The number of carbonyl (C=O) groups excluding carboxylic acids is 1. The van der Waals surface area contributed by atoms with Crippen LogP contribution >= 0.6 is 36.2 Å². The minimum absolute atomic E-state index is 0. The highest BCUT2D eigenvalue weighted by molar-refractivity contribution is 7.09. The average Bonchev–Trinajstić information content (AvgIpc) is 3.20. The summed E-state index contributed by atoms with van der Waals surface area (Å²) in [6.07, 6.45) is 5.23. The highest BCUT2D eigenvalue weighted by Crippen LogP contribution is 2.22. The molecule has 3 N–H and O–H groups in total. The lowest BCUT2D eigenvalue weighted by Crippen LogP contribution is -2.36. The number of nitrogens with zero attached hydrogens (tertiary/aromatic N) is 2. The van der Waals surface area contributed by atoms with Gasteiger partial charge in [0.25, 0.3) is 0 Å². The number of rotatable bonds is 8. The van der Waals surface area contributed by atoms with Crippen LogP contribution in [0, 0.1) is 5.92 Å². The van der Waals surface area contributed by atoms with Gasteiger partial charge < -0.3 is 11.1 Å². The number of halogens is 2. The van der Waals surface area contributed by atoms with Gasteiger partial charge in [-0.25, -0.2) is 4.98 Å². The first-order valence-electron chi connectivity index (χ1n) is 9.08. The molecule has 0 aliphatic rings. The van der Waals surface area contributed by atoms with Crippen LogP contribution in [0.25, 0.3) is 11.3 Å². The van der Waals surface area contributed by atoms with Crippen molar-refractivity contribution in [3.63, 3.8) is 0 Å². The van der Waals surface area contributed by atoms with Gasteiger partial charge in [0.05, 0.1) is 16.6 Å². The molecule has 29 heavy (non-hydrogen) atoms. The van der Waals surface area contributed by atoms with Crippen LogP contribution in [0.5, 0.6) is 0 Å². The molecule has 8 heteroatoms. The predicted molar refractivity (Wildman–Crippen MR) is 124 cm³/mol. The van der Waals surface area contributed by atoms with Crippen molar-refractivity contribution in [1.29, 1.82) is 0 Å². The summed E-state index contributed by atoms with van der Waals surface area (Å²) in [5.41, 5.74) is 9.25. The molecule has 0 saturated heterocycles. The summed E-state index contributed by atoms with van der Waals surface area (Å²) < 4.78 is 0. The molecule has 156 valence electrons. The second kappa shape index (κ2) is 12.5. The number of nitrogens with two attached hydrogens (primary N) is 1. The summed E-state index contributed by atoms with van der Waals surface area (Å²) in [5.74, 6) is -0.284. The molecule has 0 aliphatic carbocycles. The third kappa shape index (κ3) is 7.08. The summed E-state index contributed by atoms with van der Waals surface area (Å²) in [7, 11) is 0. The summed E-state index contributed by atoms with van der Waals surface area (Å²) in [5, 5.41) is 6.13. The molecule has 0 aliphatic heterocycles. The smallest absolute Gasteiger partial charge is 0.224 e. The van der Waals surface area contributed by atoms with E-state index < -0.39 is 0 Å². The topological polar surface area (TPSA) is 80.9 Å². The number of hydrogen-bond donors (Lipinski definition) is 2. The summed E-state index contributed by atoms with van der Waals surface area (Å²) >= 11 is 1.65. The van der Waals surface area contributed by atoms with Gasteiger partial charge in [-0.2, -0.15) is 0 Å². The Morgan fingerprint density at radius 3 is 2.52 bits per heavy atom. The van der Waals surface area contributed by atoms with Gasteiger partial charge in [0.2, 0.25) is 5.91 Å². The Morgan fingerprint density at radius 2 is 1.83 bits per heavy atom. The van der Waals surface area contributed by atoms with Crippen LogP contribution < -0.4 is 11.1 Å². The minimum atomic E-state index is -0.298. The molecule has 2 atom stereocenters. The molecule has 3 rings (SSSR count). The quantitative estimate of drug-likeness (QED) is 0.495. The minimum Gasteiger partial charge on any atom is -0.356 e. The first-order valence-corrected chi connectivity index (χ1v) is 9.96. The maximum Gasteiger partial charge on any atom is 0.224 e. The van der Waals surface area contributed by atoms with E-state index in [0.29, 0.717) is 6.54 Å². The van der Waals surface area contributed by atoms with Crippen LogP contribution in [0.1, 0.15) is 30.0 Å². The molecule has 2 heterocycles. The molecule has 0 bridgehead atoms. The molecule has 1 amide bonds. The third-order valence-electron chi connectivity index (χ3n) is 4.53. The van der Waals surface area contributed by atoms with E-state index in [2.05, 4.69) is 20.7 Å². The van der Waals surface area contributed by atoms with Gasteiger partial charge in [-0.05, 0) is 24.1 Å². The number of aromatic nitrogens is 2. The number of benzene rings is 1. The van der Waals surface area contributed by atoms with Crippen molar-refractivity contribution >= 4 is 42.1 Å². The molecular formula is C21H26Cl2N4OS. The molecule has 0 saturated carbocycles. The van der Waals surface area contributed by atoms with Gasteiger partial charge in [-0.3, -0.25) is 9.78 Å². The molecule has 3 aromatic rings. The lowest BCUT2D eigenvalue weighted by Gasteiger charge is -2.19. The van der Waals surface area contributed by atoms with Crippen molar-refractivity contribution in [2.45, 2.75) is 25.8 Å². The number of thiazole rings is 1. The fraction of sp³-hybridized carbons (Fsp3) is 0.286. The van der Waals surface area contributed by atoms with E-state index in [0.717, 1.165) is 34.7 Å². The molecule has 5 nitrogen and oxygen atoms in total. The first-order chi connectivity index (χ1) is 13.1. The monoisotopic (exact) mass is 452 g/mol. The fourth-order valence-electron chi connectivity index (χ4n) is 2.82. The van der Waals surface area contributed by atoms with E-state index in [1.165, 1.54) is 0 Å². The average molecular weight is 453 g/mol. The number of pyridine rings is 1. The maximum absolute atomic E-state index is 12.3. The van der Waals surface area contributed by atoms with Crippen molar-refractivity contribution in [2.24, 2.45) is 11.7 Å². The Labute approximate surface area is 188 Å². The normalized spacial score (nSPS) is 12.2. The zero-order valence-corrected chi connectivity index (χ0v) is 18.6. The Bertz CT molecular complexity index is 861. The predicted octanol–water partition coefficient (Wildman–Crippen LogP) is 4.43. The van der Waals surface area contributed by atoms with Crippen molar-refractivity contribution in [1.82, 2.24) is 15.3 Å². The lowest BCUT2D eigenvalue weighted by atomic mass is 9.94. The molecule has 0 fully saturated rings. The summed E-state index contributed by atoms with van der Waals surface area (Å²) in [4.78, 5) is 21.0. The van der Waals surface area contributed by atoms with Gasteiger partial charge in [0.1, 0.15) is 0 Å². The van der Waals surface area contributed by atoms with E-state index in [1.807, 2.05) is 49.4 Å². The van der Waals surface area contributed by atoms with E-state index in [9.17, 15) is 4.79 Å². The molecule has 2 unspecified atom stereocenters. The van der Waals surface area contributed by atoms with E-state index in [4.69, 9.17) is 5.73 Å². The molecule has 0 radical (unpaired) electrons. The van der Waals surface area contributed by atoms with Gasteiger partial charge >= 0.3 is 0 Å². The zero-order valence-electron chi connectivity index (χ0n) is 16.2. The van der Waals surface area contributed by atoms with E-state index >= 15 is 0 Å². The second-order valence-corrected chi connectivity index (χ2v) is 7.42. The van der Waals surface area contributed by atoms with Gasteiger partial charge in [-0.15, -0.1) is 36.2 Å². The van der Waals surface area contributed by atoms with Crippen molar-refractivity contribution in [3.8, 4) is 11.3 Å². The van der Waals surface area contributed by atoms with Crippen molar-refractivity contribution < 1.29 is 4.79 Å². The zero-order chi connectivity index (χ0) is 19.1. The number of amides is 1. The standard InChI is InChI=1S/C21H24N4OS.2ClH/c1-15(20(22)17-6-3-2-4-7-17)21(26)24-11-5-8-19-25-18(14-27-19)16-9-12-23-13-10-16;;/h2-4,6-7,9-10,12-15,20H,5,8,11,22H2,1H3,(H,24,26);2*1H. The van der Waals surface area contributed by atoms with Crippen LogP contribution in [0.2, 0.25) is 0 Å². The van der Waals surface area contributed by atoms with Crippen molar-refractivity contribution in [2.75, 3.05) is 6.54 Å². The SMILES string of the molecule is CC(C(=O)NCCCc1nc(-c2ccncc2)cs1)C(N)c1ccccc1.Cl.Cl. The van der Waals surface area contributed by atoms with Crippen LogP contribution in [0.15, 0.2) is 60.2 Å². The Balaban J connectivity index is 0.00000210. The Kier molecular flexibility index (Phi) is 10.8. The number of aryl methyl sites for hydroxylation is 1. The first kappa shape index (κ1) is 25.0. The molecule has 2 aromatic heterocycles. The number of hydrogen-bond acceptors (Lipinski definition) is 5. The second-order valence-electron chi connectivity index (χ2n) is 6.48. The molecular weight excluding hydrogens is 427 g/mol. The van der Waals surface area contributed by atoms with Crippen molar-refractivity contribution in [3.05, 3.63) is 70.8 Å². The van der Waals surface area contributed by atoms with Crippen LogP contribution in [-0.2, 0) is 11.2 Å². The third-order valence-corrected chi connectivity index (χ3v) is 5.44. The fourth-order valence-corrected chi connectivity index (χ4v) is 3.67. The lowest BCUT2D eigenvalue weighted by molar-refractivity contribution is -0.125. The number of nitrogens with one attached hydrogen (secondary N) is 1. The van der Waals surface area contributed by atoms with Gasteiger partial charge in [0.15, 0.2) is 0 Å².